The van der Waals surface area contributed by atoms with E-state index in [4.69, 9.17) is 0 Å². The summed E-state index contributed by atoms with van der Waals surface area (Å²) in [5.41, 5.74) is -0.0716. The van der Waals surface area contributed by atoms with Gasteiger partial charge in [-0.05, 0) is 68.6 Å². The second-order valence-electron chi connectivity index (χ2n) is 9.79. The molecule has 1 unspecified atom stereocenters. The third kappa shape index (κ3) is 4.05. The highest BCUT2D eigenvalue weighted by Gasteiger charge is 2.51. The summed E-state index contributed by atoms with van der Waals surface area (Å²) >= 11 is 0. The maximum absolute atomic E-state index is 13.7. The molecule has 2 aliphatic rings. The molecule has 1 aromatic heterocycles. The Hall–Kier alpha value is -2.35. The smallest absolute Gasteiger partial charge is 0.365 e. The number of hydrogen-bond acceptors (Lipinski definition) is 4. The first-order valence-electron chi connectivity index (χ1n) is 11.2. The Morgan fingerprint density at radius 1 is 1.22 bits per heavy atom. The van der Waals surface area contributed by atoms with Gasteiger partial charge in [0, 0.05) is 30.7 Å². The van der Waals surface area contributed by atoms with Crippen molar-refractivity contribution in [2.75, 3.05) is 31.6 Å². The fourth-order valence-corrected chi connectivity index (χ4v) is 5.62. The van der Waals surface area contributed by atoms with Crippen molar-refractivity contribution in [1.29, 1.82) is 0 Å². The summed E-state index contributed by atoms with van der Waals surface area (Å²) in [6.45, 7) is 8.47. The fraction of sp³-hybridized carbons (Fsp3) is 0.583. The van der Waals surface area contributed by atoms with Gasteiger partial charge in [-0.25, -0.2) is 0 Å². The first-order valence-corrected chi connectivity index (χ1v) is 11.2. The van der Waals surface area contributed by atoms with Crippen LogP contribution in [0.4, 0.5) is 18.9 Å². The summed E-state index contributed by atoms with van der Waals surface area (Å²) in [6.07, 6.45) is -1.14. The summed E-state index contributed by atoms with van der Waals surface area (Å²) in [4.78, 5) is 20.7. The predicted molar refractivity (Wildman–Crippen MR) is 119 cm³/mol. The molecule has 0 aliphatic carbocycles. The van der Waals surface area contributed by atoms with E-state index in [2.05, 4.69) is 41.0 Å². The monoisotopic (exact) mass is 448 g/mol. The first-order chi connectivity index (χ1) is 15.0. The van der Waals surface area contributed by atoms with Gasteiger partial charge in [0.15, 0.2) is 0 Å². The second-order valence-corrected chi connectivity index (χ2v) is 9.79. The number of hydrogen-bond donors (Lipinski definition) is 1. The molecule has 8 heteroatoms. The van der Waals surface area contributed by atoms with Crippen LogP contribution in [0.2, 0.25) is 0 Å². The van der Waals surface area contributed by atoms with E-state index < -0.39 is 11.7 Å². The summed E-state index contributed by atoms with van der Waals surface area (Å²) in [5, 5.41) is 3.67. The molecule has 174 valence electrons. The maximum Gasteiger partial charge on any atom is 0.418 e. The van der Waals surface area contributed by atoms with Crippen LogP contribution in [0.3, 0.4) is 0 Å². The Kier molecular flexibility index (Phi) is 5.86. The maximum atomic E-state index is 13.7. The van der Waals surface area contributed by atoms with E-state index in [0.29, 0.717) is 11.9 Å². The molecule has 32 heavy (non-hydrogen) atoms. The van der Waals surface area contributed by atoms with Crippen LogP contribution in [-0.4, -0.2) is 54.6 Å². The van der Waals surface area contributed by atoms with Crippen LogP contribution in [-0.2, 0) is 11.0 Å². The quantitative estimate of drug-likeness (QED) is 0.760. The molecule has 1 N–H and O–H groups in total. The summed E-state index contributed by atoms with van der Waals surface area (Å²) in [5.74, 6) is 0.0820. The lowest BCUT2D eigenvalue weighted by Crippen LogP contribution is -2.57. The summed E-state index contributed by atoms with van der Waals surface area (Å²) in [6, 6.07) is 6.04. The number of anilines is 1. The second kappa shape index (κ2) is 8.21. The zero-order chi connectivity index (χ0) is 23.3. The highest BCUT2D eigenvalue weighted by molar-refractivity contribution is 5.94. The Bertz CT molecular complexity index is 1000. The number of nitrogens with zero attached hydrogens (tertiary/aromatic N) is 3. The number of nitrogens with one attached hydrogen (secondary N) is 1. The molecule has 3 heterocycles. The number of rotatable bonds is 3. The van der Waals surface area contributed by atoms with Crippen LogP contribution in [0.15, 0.2) is 30.5 Å². The Morgan fingerprint density at radius 2 is 1.91 bits per heavy atom. The van der Waals surface area contributed by atoms with Crippen molar-refractivity contribution in [3.8, 4) is 0 Å². The predicted octanol–water partition coefficient (Wildman–Crippen LogP) is 4.31. The van der Waals surface area contributed by atoms with Crippen LogP contribution >= 0.6 is 0 Å². The normalized spacial score (nSPS) is 26.5. The number of likely N-dealkylation sites (tertiary alicyclic amines) is 1. The minimum Gasteiger partial charge on any atom is -0.365 e. The van der Waals surface area contributed by atoms with Crippen LogP contribution in [0.25, 0.3) is 10.9 Å². The third-order valence-electron chi connectivity index (χ3n) is 7.35. The number of benzene rings is 1. The van der Waals surface area contributed by atoms with E-state index in [-0.39, 0.29) is 34.8 Å². The first kappa shape index (κ1) is 22.8. The van der Waals surface area contributed by atoms with Crippen LogP contribution in [0.1, 0.15) is 39.2 Å². The number of aromatic nitrogens is 1. The van der Waals surface area contributed by atoms with Gasteiger partial charge in [0.1, 0.15) is 0 Å². The molecule has 2 aliphatic heterocycles. The van der Waals surface area contributed by atoms with E-state index in [9.17, 15) is 18.0 Å². The van der Waals surface area contributed by atoms with Crippen molar-refractivity contribution in [3.63, 3.8) is 0 Å². The van der Waals surface area contributed by atoms with E-state index >= 15 is 0 Å². The topological polar surface area (TPSA) is 48.5 Å². The summed E-state index contributed by atoms with van der Waals surface area (Å²) in [7, 11) is 2.11. The number of piperidine rings is 1. The van der Waals surface area contributed by atoms with E-state index in [1.54, 1.807) is 18.2 Å². The molecule has 3 atom stereocenters. The lowest BCUT2D eigenvalue weighted by Gasteiger charge is -2.48. The average Bonchev–Trinajstić information content (AvgIpc) is 3.05. The number of amides is 1. The van der Waals surface area contributed by atoms with Gasteiger partial charge in [-0.15, -0.1) is 0 Å². The Morgan fingerprint density at radius 3 is 2.53 bits per heavy atom. The van der Waals surface area contributed by atoms with Crippen molar-refractivity contribution in [3.05, 3.63) is 36.0 Å². The molecular weight excluding hydrogens is 417 g/mol. The van der Waals surface area contributed by atoms with Crippen LogP contribution < -0.4 is 10.2 Å². The van der Waals surface area contributed by atoms with Gasteiger partial charge < -0.3 is 15.1 Å². The number of carbonyl (C=O) groups is 1. The van der Waals surface area contributed by atoms with Gasteiger partial charge in [-0.1, -0.05) is 13.8 Å². The number of carbonyl (C=O) groups excluding carboxylic acids is 1. The van der Waals surface area contributed by atoms with Gasteiger partial charge in [0.05, 0.1) is 23.2 Å². The molecule has 4 rings (SSSR count). The zero-order valence-corrected chi connectivity index (χ0v) is 19.0. The molecular formula is C24H31F3N4O. The van der Waals surface area contributed by atoms with E-state index in [1.807, 2.05) is 0 Å². The third-order valence-corrected chi connectivity index (χ3v) is 7.35. The van der Waals surface area contributed by atoms with E-state index in [1.165, 1.54) is 13.1 Å². The van der Waals surface area contributed by atoms with Crippen LogP contribution in [0.5, 0.6) is 0 Å². The molecule has 0 radical (unpaired) electrons. The lowest BCUT2D eigenvalue weighted by atomic mass is 9.70. The van der Waals surface area contributed by atoms with E-state index in [0.717, 1.165) is 37.7 Å². The standard InChI is InChI=1S/C24H31F3N4O/c1-15-14-31(19-8-7-18(24(25,26)27)21-17(19)6-5-11-28-21)22(20(15)29-16(2)32)23(3)9-12-30(4)13-10-23/h5-8,11,15,20,22H,9-10,12-14H2,1-4H3,(H,29,32)/t15-,20-,22?/m1/s1. The molecule has 0 spiro atoms. The van der Waals surface area contributed by atoms with Crippen molar-refractivity contribution in [2.24, 2.45) is 11.3 Å². The fourth-order valence-electron chi connectivity index (χ4n) is 5.62. The minimum atomic E-state index is -4.47. The number of fused-ring (bicyclic) bond motifs is 1. The SMILES string of the molecule is CC(=O)N[C@H]1C(C2(C)CCN(C)CC2)N(c2ccc(C(F)(F)F)c3ncccc23)C[C@H]1C. The molecule has 5 nitrogen and oxygen atoms in total. The highest BCUT2D eigenvalue weighted by atomic mass is 19.4. The number of pyridine rings is 1. The zero-order valence-electron chi connectivity index (χ0n) is 19.0. The summed E-state index contributed by atoms with van der Waals surface area (Å²) < 4.78 is 41.0. The molecule has 1 aromatic carbocycles. The Balaban J connectivity index is 1.84. The molecule has 2 saturated heterocycles. The van der Waals surface area contributed by atoms with Crippen molar-refractivity contribution in [1.82, 2.24) is 15.2 Å². The molecule has 2 fully saturated rings. The van der Waals surface area contributed by atoms with Gasteiger partial charge in [0.2, 0.25) is 5.91 Å². The van der Waals surface area contributed by atoms with Gasteiger partial charge >= 0.3 is 6.18 Å². The van der Waals surface area contributed by atoms with Crippen molar-refractivity contribution < 1.29 is 18.0 Å². The molecule has 2 aromatic rings. The van der Waals surface area contributed by atoms with Gasteiger partial charge in [-0.3, -0.25) is 9.78 Å². The number of alkyl halides is 3. The van der Waals surface area contributed by atoms with Crippen LogP contribution in [0, 0.1) is 11.3 Å². The minimum absolute atomic E-state index is 0.0183. The highest BCUT2D eigenvalue weighted by Crippen LogP contribution is 2.47. The molecule has 0 bridgehead atoms. The van der Waals surface area contributed by atoms with Crippen molar-refractivity contribution >= 4 is 22.5 Å². The lowest BCUT2D eigenvalue weighted by molar-refractivity contribution is -0.136. The largest absolute Gasteiger partial charge is 0.418 e. The van der Waals surface area contributed by atoms with Gasteiger partial charge in [-0.2, -0.15) is 13.2 Å². The van der Waals surface area contributed by atoms with Gasteiger partial charge in [0.25, 0.3) is 0 Å². The number of halogens is 3. The molecule has 0 saturated carbocycles. The van der Waals surface area contributed by atoms with Crippen molar-refractivity contribution in [2.45, 2.75) is 51.9 Å². The molecule has 1 amide bonds. The average molecular weight is 449 g/mol. The Labute approximate surface area is 187 Å².